The van der Waals surface area contributed by atoms with Gasteiger partial charge in [-0.2, -0.15) is 0 Å². The number of alkyl halides is 1. The Bertz CT molecular complexity index is 565. The Kier molecular flexibility index (Phi) is 4.87. The Hall–Kier alpha value is -0.580. The first-order chi connectivity index (χ1) is 9.02. The van der Waals surface area contributed by atoms with Gasteiger partial charge in [0.05, 0.1) is 16.4 Å². The molecule has 1 atom stereocenters. The fraction of sp³-hybridized carbons (Fsp3) is 0.500. The fourth-order valence-electron chi connectivity index (χ4n) is 2.09. The summed E-state index contributed by atoms with van der Waals surface area (Å²) in [5.41, 5.74) is 2.14. The van der Waals surface area contributed by atoms with Gasteiger partial charge in [-0.25, -0.2) is 4.98 Å². The van der Waals surface area contributed by atoms with Crippen LogP contribution in [0.1, 0.15) is 25.0 Å². The van der Waals surface area contributed by atoms with E-state index in [1.165, 1.54) is 0 Å². The van der Waals surface area contributed by atoms with Gasteiger partial charge in [0.2, 0.25) is 0 Å². The van der Waals surface area contributed by atoms with Crippen LogP contribution in [0, 0.1) is 0 Å². The first kappa shape index (κ1) is 14.8. The summed E-state index contributed by atoms with van der Waals surface area (Å²) < 4.78 is 3.27. The lowest BCUT2D eigenvalue weighted by atomic mass is 10.3. The van der Waals surface area contributed by atoms with Crippen LogP contribution in [0.4, 0.5) is 0 Å². The number of imidazole rings is 1. The maximum Gasteiger partial charge on any atom is 0.127 e. The molecule has 1 heterocycles. The zero-order valence-corrected chi connectivity index (χ0v) is 13.9. The molecule has 0 saturated heterocycles. The summed E-state index contributed by atoms with van der Waals surface area (Å²) in [5, 5.41) is -0.0851. The molecule has 0 aliphatic heterocycles. The van der Waals surface area contributed by atoms with Gasteiger partial charge in [0, 0.05) is 17.6 Å². The van der Waals surface area contributed by atoms with Gasteiger partial charge in [0.25, 0.3) is 0 Å². The summed E-state index contributed by atoms with van der Waals surface area (Å²) in [7, 11) is 2.12. The van der Waals surface area contributed by atoms with Gasteiger partial charge in [-0.15, -0.1) is 11.6 Å². The summed E-state index contributed by atoms with van der Waals surface area (Å²) in [6.07, 6.45) is 0. The van der Waals surface area contributed by atoms with Crippen molar-refractivity contribution in [2.75, 3.05) is 20.1 Å². The molecule has 5 heteroatoms. The van der Waals surface area contributed by atoms with E-state index in [4.69, 9.17) is 11.6 Å². The summed E-state index contributed by atoms with van der Waals surface area (Å²) in [4.78, 5) is 6.94. The van der Waals surface area contributed by atoms with Gasteiger partial charge in [-0.1, -0.05) is 22.9 Å². The van der Waals surface area contributed by atoms with Crippen LogP contribution < -0.4 is 0 Å². The molecule has 0 radical (unpaired) electrons. The lowest BCUT2D eigenvalue weighted by Crippen LogP contribution is -2.23. The van der Waals surface area contributed by atoms with Crippen LogP contribution in [0.2, 0.25) is 0 Å². The molecule has 104 valence electrons. The molecule has 0 bridgehead atoms. The topological polar surface area (TPSA) is 21.1 Å². The van der Waals surface area contributed by atoms with Gasteiger partial charge in [0.15, 0.2) is 0 Å². The van der Waals surface area contributed by atoms with Gasteiger partial charge in [-0.3, -0.25) is 0 Å². The van der Waals surface area contributed by atoms with Crippen LogP contribution >= 0.6 is 27.5 Å². The predicted octanol–water partition coefficient (Wildman–Crippen LogP) is 4.05. The lowest BCUT2D eigenvalue weighted by Gasteiger charge is -2.16. The number of rotatable bonds is 5. The van der Waals surface area contributed by atoms with E-state index in [0.717, 1.165) is 41.0 Å². The molecule has 1 aromatic carbocycles. The summed E-state index contributed by atoms with van der Waals surface area (Å²) in [6, 6.07) is 6.19. The molecule has 0 fully saturated rings. The Labute approximate surface area is 127 Å². The van der Waals surface area contributed by atoms with Crippen molar-refractivity contribution in [3.8, 4) is 0 Å². The Morgan fingerprint density at radius 3 is 2.84 bits per heavy atom. The van der Waals surface area contributed by atoms with E-state index in [2.05, 4.69) is 50.4 Å². The molecule has 1 unspecified atom stereocenters. The van der Waals surface area contributed by atoms with Crippen molar-refractivity contribution in [1.29, 1.82) is 0 Å². The van der Waals surface area contributed by atoms with Crippen molar-refractivity contribution in [3.63, 3.8) is 0 Å². The molecule has 0 saturated carbocycles. The molecular weight excluding hydrogens is 326 g/mol. The van der Waals surface area contributed by atoms with Crippen LogP contribution in [0.25, 0.3) is 11.0 Å². The van der Waals surface area contributed by atoms with Gasteiger partial charge in [-0.05, 0) is 38.7 Å². The summed E-state index contributed by atoms with van der Waals surface area (Å²) in [6.45, 7) is 7.08. The van der Waals surface area contributed by atoms with E-state index in [1.807, 2.05) is 19.1 Å². The third-order valence-corrected chi connectivity index (χ3v) is 4.03. The molecule has 2 aromatic rings. The van der Waals surface area contributed by atoms with Crippen LogP contribution in [-0.2, 0) is 6.54 Å². The molecule has 19 heavy (non-hydrogen) atoms. The van der Waals surface area contributed by atoms with Gasteiger partial charge < -0.3 is 9.47 Å². The zero-order chi connectivity index (χ0) is 14.0. The number of likely N-dealkylation sites (N-methyl/N-ethyl adjacent to an activating group) is 1. The normalized spacial score (nSPS) is 13.4. The minimum atomic E-state index is -0.0851. The first-order valence-corrected chi connectivity index (χ1v) is 7.74. The van der Waals surface area contributed by atoms with Gasteiger partial charge in [0.1, 0.15) is 5.82 Å². The van der Waals surface area contributed by atoms with E-state index in [1.54, 1.807) is 0 Å². The number of fused-ring (bicyclic) bond motifs is 1. The smallest absolute Gasteiger partial charge is 0.127 e. The Morgan fingerprint density at radius 2 is 2.21 bits per heavy atom. The van der Waals surface area contributed by atoms with Crippen LogP contribution in [0.3, 0.4) is 0 Å². The average Bonchev–Trinajstić information content (AvgIpc) is 2.73. The monoisotopic (exact) mass is 343 g/mol. The van der Waals surface area contributed by atoms with Crippen LogP contribution in [-0.4, -0.2) is 34.6 Å². The van der Waals surface area contributed by atoms with Crippen molar-refractivity contribution in [2.45, 2.75) is 25.8 Å². The molecule has 3 nitrogen and oxygen atoms in total. The zero-order valence-electron chi connectivity index (χ0n) is 11.5. The minimum Gasteiger partial charge on any atom is -0.325 e. The molecule has 0 spiro atoms. The maximum absolute atomic E-state index is 6.26. The highest BCUT2D eigenvalue weighted by atomic mass is 79.9. The van der Waals surface area contributed by atoms with E-state index < -0.39 is 0 Å². The number of hydrogen-bond acceptors (Lipinski definition) is 2. The summed E-state index contributed by atoms with van der Waals surface area (Å²) in [5.74, 6) is 0.944. The molecule has 2 rings (SSSR count). The predicted molar refractivity (Wildman–Crippen MR) is 84.9 cm³/mol. The largest absolute Gasteiger partial charge is 0.325 e. The number of halogens is 2. The average molecular weight is 345 g/mol. The van der Waals surface area contributed by atoms with E-state index in [0.29, 0.717) is 0 Å². The second-order valence-corrected chi connectivity index (χ2v) is 6.34. The first-order valence-electron chi connectivity index (χ1n) is 6.51. The van der Waals surface area contributed by atoms with E-state index in [-0.39, 0.29) is 5.38 Å². The standard InChI is InChI=1S/C14H19BrClN3/c1-4-18(3)7-8-19-13-6-5-11(15)9-12(13)17-14(19)10(2)16/h5-6,9-10H,4,7-8H2,1-3H3. The van der Waals surface area contributed by atoms with Crippen molar-refractivity contribution in [3.05, 3.63) is 28.5 Å². The Morgan fingerprint density at radius 1 is 1.47 bits per heavy atom. The third-order valence-electron chi connectivity index (χ3n) is 3.34. The van der Waals surface area contributed by atoms with Crippen molar-refractivity contribution in [2.24, 2.45) is 0 Å². The number of hydrogen-bond donors (Lipinski definition) is 0. The highest BCUT2D eigenvalue weighted by molar-refractivity contribution is 9.10. The lowest BCUT2D eigenvalue weighted by molar-refractivity contribution is 0.335. The summed E-state index contributed by atoms with van der Waals surface area (Å²) >= 11 is 9.75. The highest BCUT2D eigenvalue weighted by Crippen LogP contribution is 2.26. The number of aromatic nitrogens is 2. The van der Waals surface area contributed by atoms with Crippen molar-refractivity contribution >= 4 is 38.6 Å². The molecule has 0 amide bonds. The fourth-order valence-corrected chi connectivity index (χ4v) is 2.60. The van der Waals surface area contributed by atoms with E-state index >= 15 is 0 Å². The Balaban J connectivity index is 2.40. The maximum atomic E-state index is 6.26. The highest BCUT2D eigenvalue weighted by Gasteiger charge is 2.15. The van der Waals surface area contributed by atoms with E-state index in [9.17, 15) is 0 Å². The third kappa shape index (κ3) is 3.30. The van der Waals surface area contributed by atoms with Gasteiger partial charge >= 0.3 is 0 Å². The van der Waals surface area contributed by atoms with Crippen LogP contribution in [0.15, 0.2) is 22.7 Å². The second kappa shape index (κ2) is 6.25. The molecule has 1 aromatic heterocycles. The quantitative estimate of drug-likeness (QED) is 0.763. The number of nitrogens with zero attached hydrogens (tertiary/aromatic N) is 3. The SMILES string of the molecule is CCN(C)CCn1c(C(C)Cl)nc2cc(Br)ccc21. The minimum absolute atomic E-state index is 0.0851. The molecule has 0 aliphatic carbocycles. The van der Waals surface area contributed by atoms with Crippen LogP contribution in [0.5, 0.6) is 0 Å². The molecule has 0 N–H and O–H groups in total. The number of benzene rings is 1. The van der Waals surface area contributed by atoms with Crippen molar-refractivity contribution < 1.29 is 0 Å². The molecular formula is C14H19BrClN3. The second-order valence-electron chi connectivity index (χ2n) is 4.77. The molecule has 0 aliphatic rings. The van der Waals surface area contributed by atoms with Crippen molar-refractivity contribution in [1.82, 2.24) is 14.5 Å².